The van der Waals surface area contributed by atoms with Gasteiger partial charge in [0.25, 0.3) is 0 Å². The second-order valence-electron chi connectivity index (χ2n) is 3.36. The molecule has 0 saturated heterocycles. The van der Waals surface area contributed by atoms with Crippen molar-refractivity contribution >= 4 is 5.91 Å². The summed E-state index contributed by atoms with van der Waals surface area (Å²) in [5.74, 6) is 0.0338. The molecule has 0 rings (SSSR count). The van der Waals surface area contributed by atoms with Crippen LogP contribution in [0.1, 0.15) is 20.8 Å². The maximum Gasteiger partial charge on any atom is 0.239 e. The fourth-order valence-electron chi connectivity index (χ4n) is 1.10. The molecule has 0 aliphatic carbocycles. The van der Waals surface area contributed by atoms with Gasteiger partial charge in [0.05, 0.1) is 12.6 Å². The Balaban J connectivity index is 4.27. The minimum Gasteiger partial charge on any atom is -0.395 e. The van der Waals surface area contributed by atoms with Crippen LogP contribution in [0.5, 0.6) is 0 Å². The summed E-state index contributed by atoms with van der Waals surface area (Å²) in [5, 5.41) is 11.7. The van der Waals surface area contributed by atoms with Crippen LogP contribution in [0.4, 0.5) is 0 Å². The van der Waals surface area contributed by atoms with Crippen molar-refractivity contribution < 1.29 is 9.90 Å². The molecule has 4 heteroatoms. The summed E-state index contributed by atoms with van der Waals surface area (Å²) in [7, 11) is 1.75. The fourth-order valence-corrected chi connectivity index (χ4v) is 1.10. The second-order valence-corrected chi connectivity index (χ2v) is 3.36. The summed E-state index contributed by atoms with van der Waals surface area (Å²) in [6.07, 6.45) is 0. The zero-order valence-corrected chi connectivity index (χ0v) is 8.87. The van der Waals surface area contributed by atoms with Gasteiger partial charge in [0.2, 0.25) is 5.91 Å². The van der Waals surface area contributed by atoms with Crippen LogP contribution >= 0.6 is 0 Å². The van der Waals surface area contributed by atoms with Crippen molar-refractivity contribution in [2.75, 3.05) is 20.2 Å². The number of carbonyl (C=O) groups is 1. The van der Waals surface area contributed by atoms with Gasteiger partial charge in [-0.2, -0.15) is 0 Å². The van der Waals surface area contributed by atoms with E-state index in [1.54, 1.807) is 11.9 Å². The van der Waals surface area contributed by atoms with Crippen LogP contribution in [-0.2, 0) is 4.79 Å². The highest BCUT2D eigenvalue weighted by Crippen LogP contribution is 2.01. The van der Waals surface area contributed by atoms with E-state index in [0.717, 1.165) is 0 Å². The Labute approximate surface area is 79.9 Å². The smallest absolute Gasteiger partial charge is 0.239 e. The van der Waals surface area contributed by atoms with Crippen molar-refractivity contribution in [3.05, 3.63) is 0 Å². The summed E-state index contributed by atoms with van der Waals surface area (Å²) in [6.45, 7) is 6.11. The van der Waals surface area contributed by atoms with Crippen LogP contribution in [0.15, 0.2) is 0 Å². The molecule has 0 saturated carbocycles. The van der Waals surface area contributed by atoms with Crippen molar-refractivity contribution in [1.29, 1.82) is 0 Å². The highest BCUT2D eigenvalue weighted by molar-refractivity contribution is 5.81. The number of rotatable bonds is 5. The van der Waals surface area contributed by atoms with Crippen molar-refractivity contribution in [2.24, 2.45) is 0 Å². The average molecular weight is 188 g/mol. The highest BCUT2D eigenvalue weighted by Gasteiger charge is 2.20. The maximum atomic E-state index is 11.7. The third-order valence-corrected chi connectivity index (χ3v) is 2.05. The first-order chi connectivity index (χ1) is 6.04. The van der Waals surface area contributed by atoms with Gasteiger partial charge in [-0.1, -0.05) is 0 Å². The van der Waals surface area contributed by atoms with E-state index in [4.69, 9.17) is 5.11 Å². The van der Waals surface area contributed by atoms with E-state index in [1.807, 2.05) is 20.8 Å². The number of nitrogens with one attached hydrogen (secondary N) is 1. The molecule has 2 N–H and O–H groups in total. The highest BCUT2D eigenvalue weighted by atomic mass is 16.3. The molecule has 0 aliphatic rings. The average Bonchev–Trinajstić information content (AvgIpc) is 2.11. The topological polar surface area (TPSA) is 52.6 Å². The van der Waals surface area contributed by atoms with Gasteiger partial charge in [-0.05, 0) is 27.8 Å². The lowest BCUT2D eigenvalue weighted by Crippen LogP contribution is -2.47. The number of aliphatic hydroxyl groups excluding tert-OH is 1. The van der Waals surface area contributed by atoms with E-state index >= 15 is 0 Å². The van der Waals surface area contributed by atoms with E-state index < -0.39 is 0 Å². The van der Waals surface area contributed by atoms with Crippen LogP contribution < -0.4 is 5.32 Å². The molecule has 0 radical (unpaired) electrons. The molecule has 13 heavy (non-hydrogen) atoms. The molecule has 1 amide bonds. The number of carbonyl (C=O) groups excluding carboxylic acids is 1. The molecule has 78 valence electrons. The first-order valence-electron chi connectivity index (χ1n) is 4.63. The van der Waals surface area contributed by atoms with Gasteiger partial charge in [0.1, 0.15) is 0 Å². The van der Waals surface area contributed by atoms with Gasteiger partial charge in [-0.15, -0.1) is 0 Å². The third-order valence-electron chi connectivity index (χ3n) is 2.05. The van der Waals surface area contributed by atoms with E-state index in [-0.39, 0.29) is 24.6 Å². The summed E-state index contributed by atoms with van der Waals surface area (Å²) in [4.78, 5) is 13.3. The minimum atomic E-state index is -0.186. The zero-order valence-electron chi connectivity index (χ0n) is 8.87. The minimum absolute atomic E-state index is 0.0142. The molecule has 0 aromatic carbocycles. The first-order valence-corrected chi connectivity index (χ1v) is 4.63. The Bertz CT molecular complexity index is 160. The SMILES string of the molecule is CNC(C)C(=O)N(CCO)C(C)C. The van der Waals surface area contributed by atoms with E-state index in [9.17, 15) is 4.79 Å². The van der Waals surface area contributed by atoms with Gasteiger partial charge in [-0.3, -0.25) is 4.79 Å². The van der Waals surface area contributed by atoms with Crippen LogP contribution in [0, 0.1) is 0 Å². The fraction of sp³-hybridized carbons (Fsp3) is 0.889. The standard InChI is InChI=1S/C9H20N2O2/c1-7(2)11(5-6-12)9(13)8(3)10-4/h7-8,10,12H,5-6H2,1-4H3. The number of aliphatic hydroxyl groups is 1. The van der Waals surface area contributed by atoms with Gasteiger partial charge in [0.15, 0.2) is 0 Å². The molecule has 0 bridgehead atoms. The molecular formula is C9H20N2O2. The number of amides is 1. The Morgan fingerprint density at radius 1 is 1.46 bits per heavy atom. The van der Waals surface area contributed by atoms with Crippen molar-refractivity contribution in [3.8, 4) is 0 Å². The summed E-state index contributed by atoms with van der Waals surface area (Å²) in [5.41, 5.74) is 0. The van der Waals surface area contributed by atoms with Crippen molar-refractivity contribution in [3.63, 3.8) is 0 Å². The van der Waals surface area contributed by atoms with Crippen molar-refractivity contribution in [1.82, 2.24) is 10.2 Å². The molecule has 1 atom stereocenters. The molecule has 0 fully saturated rings. The van der Waals surface area contributed by atoms with Gasteiger partial charge in [0, 0.05) is 12.6 Å². The lowest BCUT2D eigenvalue weighted by atomic mass is 10.2. The van der Waals surface area contributed by atoms with E-state index in [1.165, 1.54) is 0 Å². The van der Waals surface area contributed by atoms with Crippen LogP contribution in [0.25, 0.3) is 0 Å². The molecule has 0 aromatic heterocycles. The normalized spacial score (nSPS) is 13.1. The Morgan fingerprint density at radius 3 is 2.31 bits per heavy atom. The lowest BCUT2D eigenvalue weighted by molar-refractivity contribution is -0.135. The quantitative estimate of drug-likeness (QED) is 0.629. The number of hydrogen-bond acceptors (Lipinski definition) is 3. The summed E-state index contributed by atoms with van der Waals surface area (Å²) in [6, 6.07) is -0.0515. The molecule has 0 aromatic rings. The van der Waals surface area contributed by atoms with Crippen LogP contribution in [0.3, 0.4) is 0 Å². The Kier molecular flexibility index (Phi) is 5.66. The summed E-state index contributed by atoms with van der Waals surface area (Å²) < 4.78 is 0. The maximum absolute atomic E-state index is 11.7. The predicted molar refractivity (Wildman–Crippen MR) is 52.5 cm³/mol. The van der Waals surface area contributed by atoms with Gasteiger partial charge >= 0.3 is 0 Å². The van der Waals surface area contributed by atoms with Crippen LogP contribution in [-0.4, -0.2) is 48.2 Å². The lowest BCUT2D eigenvalue weighted by Gasteiger charge is -2.28. The number of likely N-dealkylation sites (N-methyl/N-ethyl adjacent to an activating group) is 1. The Hall–Kier alpha value is -0.610. The predicted octanol–water partition coefficient (Wildman–Crippen LogP) is -0.176. The molecular weight excluding hydrogens is 168 g/mol. The molecule has 0 heterocycles. The molecule has 0 aliphatic heterocycles. The first kappa shape index (κ1) is 12.4. The molecule has 4 nitrogen and oxygen atoms in total. The van der Waals surface area contributed by atoms with E-state index in [0.29, 0.717) is 6.54 Å². The molecule has 0 spiro atoms. The molecule has 1 unspecified atom stereocenters. The second kappa shape index (κ2) is 5.94. The van der Waals surface area contributed by atoms with Gasteiger partial charge in [-0.25, -0.2) is 0 Å². The van der Waals surface area contributed by atoms with Crippen LogP contribution in [0.2, 0.25) is 0 Å². The summed E-state index contributed by atoms with van der Waals surface area (Å²) >= 11 is 0. The Morgan fingerprint density at radius 2 is 2.00 bits per heavy atom. The third kappa shape index (κ3) is 3.74. The largest absolute Gasteiger partial charge is 0.395 e. The van der Waals surface area contributed by atoms with Gasteiger partial charge < -0.3 is 15.3 Å². The monoisotopic (exact) mass is 188 g/mol. The zero-order chi connectivity index (χ0) is 10.4. The van der Waals surface area contributed by atoms with E-state index in [2.05, 4.69) is 5.32 Å². The number of nitrogens with zero attached hydrogens (tertiary/aromatic N) is 1. The number of hydrogen-bond donors (Lipinski definition) is 2. The van der Waals surface area contributed by atoms with Crippen molar-refractivity contribution in [2.45, 2.75) is 32.9 Å².